The van der Waals surface area contributed by atoms with Crippen molar-refractivity contribution in [3.05, 3.63) is 0 Å². The van der Waals surface area contributed by atoms with Crippen LogP contribution in [-0.4, -0.2) is 60.7 Å². The van der Waals surface area contributed by atoms with Crippen molar-refractivity contribution < 1.29 is 29.6 Å². The van der Waals surface area contributed by atoms with Crippen molar-refractivity contribution in [3.8, 4) is 0 Å². The first-order chi connectivity index (χ1) is 6.66. The lowest BCUT2D eigenvalue weighted by atomic mass is 10.6. The van der Waals surface area contributed by atoms with Crippen molar-refractivity contribution in [2.75, 3.05) is 33.0 Å². The minimum atomic E-state index is -1.31. The average Bonchev–Trinajstić information content (AvgIpc) is 2.10. The molecule has 0 radical (unpaired) electrons. The normalized spacial score (nSPS) is 12.4. The van der Waals surface area contributed by atoms with E-state index in [0.29, 0.717) is 6.61 Å². The molecule has 0 fully saturated rings. The number of aliphatic hydroxyl groups excluding tert-OH is 2. The molecule has 0 bridgehead atoms. The summed E-state index contributed by atoms with van der Waals surface area (Å²) in [5.41, 5.74) is 0. The lowest BCUT2D eigenvalue weighted by Gasteiger charge is -2.10. The first-order valence-electron chi connectivity index (χ1n) is 4.10. The summed E-state index contributed by atoms with van der Waals surface area (Å²) in [7, 11) is 0. The number of amides is 1. The van der Waals surface area contributed by atoms with Crippen LogP contribution >= 0.6 is 0 Å². The Balaban J connectivity index is 3.14. The number of nitrogens with one attached hydrogen (secondary N) is 1. The first-order valence-corrected chi connectivity index (χ1v) is 4.10. The number of carbonyl (C=O) groups is 1. The van der Waals surface area contributed by atoms with Crippen molar-refractivity contribution in [2.24, 2.45) is 0 Å². The van der Waals surface area contributed by atoms with Gasteiger partial charge in [0.15, 0.2) is 6.23 Å². The topological polar surface area (TPSA) is 108 Å². The molecule has 0 aromatic carbocycles. The maximum atomic E-state index is 10.0. The van der Waals surface area contributed by atoms with Crippen LogP contribution < -0.4 is 5.32 Å². The third-order valence-electron chi connectivity index (χ3n) is 1.17. The quantitative estimate of drug-likeness (QED) is 0.289. The number of carboxylic acid groups (broad SMARTS) is 1. The molecule has 7 heteroatoms. The van der Waals surface area contributed by atoms with Gasteiger partial charge in [-0.05, 0) is 0 Å². The Morgan fingerprint density at radius 2 is 1.93 bits per heavy atom. The summed E-state index contributed by atoms with van der Waals surface area (Å²) in [6.45, 7) is 0.579. The van der Waals surface area contributed by atoms with Gasteiger partial charge in [0, 0.05) is 0 Å². The molecule has 0 aliphatic rings. The Kier molecular flexibility index (Phi) is 8.14. The van der Waals surface area contributed by atoms with Crippen LogP contribution in [0.3, 0.4) is 0 Å². The Morgan fingerprint density at radius 1 is 1.29 bits per heavy atom. The van der Waals surface area contributed by atoms with Crippen molar-refractivity contribution in [1.82, 2.24) is 5.32 Å². The number of hydrogen-bond donors (Lipinski definition) is 4. The Hall–Kier alpha value is -0.890. The van der Waals surface area contributed by atoms with Gasteiger partial charge in [0.25, 0.3) is 0 Å². The second kappa shape index (κ2) is 8.70. The van der Waals surface area contributed by atoms with Gasteiger partial charge in [0.1, 0.15) is 0 Å². The number of ether oxygens (including phenoxy) is 2. The van der Waals surface area contributed by atoms with E-state index < -0.39 is 12.3 Å². The molecule has 1 amide bonds. The minimum Gasteiger partial charge on any atom is -0.465 e. The third-order valence-corrected chi connectivity index (χ3v) is 1.17. The predicted octanol–water partition coefficient (Wildman–Crippen LogP) is -1.40. The van der Waals surface area contributed by atoms with Crippen LogP contribution in [0.1, 0.15) is 0 Å². The van der Waals surface area contributed by atoms with Crippen molar-refractivity contribution in [2.45, 2.75) is 6.23 Å². The Labute approximate surface area is 81.3 Å². The molecule has 14 heavy (non-hydrogen) atoms. The van der Waals surface area contributed by atoms with Gasteiger partial charge in [-0.1, -0.05) is 0 Å². The van der Waals surface area contributed by atoms with Gasteiger partial charge in [-0.2, -0.15) is 0 Å². The lowest BCUT2D eigenvalue weighted by molar-refractivity contribution is -0.0101. The summed E-state index contributed by atoms with van der Waals surface area (Å²) >= 11 is 0. The maximum Gasteiger partial charge on any atom is 0.406 e. The zero-order valence-corrected chi connectivity index (χ0v) is 7.68. The molecular weight excluding hydrogens is 194 g/mol. The fraction of sp³-hybridized carbons (Fsp3) is 0.857. The van der Waals surface area contributed by atoms with Crippen LogP contribution in [0.5, 0.6) is 0 Å². The van der Waals surface area contributed by atoms with Gasteiger partial charge in [-0.25, -0.2) is 4.79 Å². The Bertz CT molecular complexity index is 153. The average molecular weight is 209 g/mol. The summed E-state index contributed by atoms with van der Waals surface area (Å²) in [4.78, 5) is 10.0. The summed E-state index contributed by atoms with van der Waals surface area (Å²) in [5, 5.41) is 27.2. The SMILES string of the molecule is O=C(O)NC(O)COCCOCCO. The predicted molar refractivity (Wildman–Crippen MR) is 45.9 cm³/mol. The highest BCUT2D eigenvalue weighted by Crippen LogP contribution is 1.82. The molecule has 0 heterocycles. The van der Waals surface area contributed by atoms with E-state index in [9.17, 15) is 4.79 Å². The van der Waals surface area contributed by atoms with Gasteiger partial charge in [-0.3, -0.25) is 5.32 Å². The van der Waals surface area contributed by atoms with E-state index in [-0.39, 0.29) is 26.4 Å². The van der Waals surface area contributed by atoms with Crippen LogP contribution in [0.15, 0.2) is 0 Å². The molecule has 1 atom stereocenters. The number of hydrogen-bond acceptors (Lipinski definition) is 5. The fourth-order valence-electron chi connectivity index (χ4n) is 0.664. The second-order valence-corrected chi connectivity index (χ2v) is 2.38. The molecule has 0 spiro atoms. The Morgan fingerprint density at radius 3 is 2.50 bits per heavy atom. The highest BCUT2D eigenvalue weighted by atomic mass is 16.5. The molecule has 1 unspecified atom stereocenters. The number of aliphatic hydroxyl groups is 2. The fourth-order valence-corrected chi connectivity index (χ4v) is 0.664. The van der Waals surface area contributed by atoms with E-state index in [1.165, 1.54) is 0 Å². The van der Waals surface area contributed by atoms with Crippen molar-refractivity contribution in [1.29, 1.82) is 0 Å². The molecule has 0 saturated carbocycles. The third kappa shape index (κ3) is 9.20. The molecule has 4 N–H and O–H groups in total. The van der Waals surface area contributed by atoms with Crippen LogP contribution in [0.25, 0.3) is 0 Å². The standard InChI is InChI=1S/C7H15NO6/c9-1-2-13-3-4-14-5-6(10)8-7(11)12/h6,8-10H,1-5H2,(H,11,12). The van der Waals surface area contributed by atoms with Gasteiger partial charge in [-0.15, -0.1) is 0 Å². The van der Waals surface area contributed by atoms with Crippen molar-refractivity contribution >= 4 is 6.09 Å². The second-order valence-electron chi connectivity index (χ2n) is 2.38. The van der Waals surface area contributed by atoms with Gasteiger partial charge < -0.3 is 24.8 Å². The summed E-state index contributed by atoms with van der Waals surface area (Å²) in [6, 6.07) is 0. The zero-order valence-electron chi connectivity index (χ0n) is 7.68. The van der Waals surface area contributed by atoms with Crippen LogP contribution in [0.2, 0.25) is 0 Å². The summed E-state index contributed by atoms with van der Waals surface area (Å²) in [6.07, 6.45) is -2.54. The molecule has 0 aliphatic heterocycles. The molecule has 0 rings (SSSR count). The summed E-state index contributed by atoms with van der Waals surface area (Å²) < 4.78 is 9.71. The van der Waals surface area contributed by atoms with E-state index in [4.69, 9.17) is 24.8 Å². The smallest absolute Gasteiger partial charge is 0.406 e. The molecular formula is C7H15NO6. The van der Waals surface area contributed by atoms with Crippen LogP contribution in [-0.2, 0) is 9.47 Å². The number of rotatable bonds is 8. The molecule has 0 aromatic heterocycles. The monoisotopic (exact) mass is 209 g/mol. The highest BCUT2D eigenvalue weighted by molar-refractivity contribution is 5.64. The van der Waals surface area contributed by atoms with Gasteiger partial charge >= 0.3 is 6.09 Å². The molecule has 7 nitrogen and oxygen atoms in total. The van der Waals surface area contributed by atoms with Gasteiger partial charge in [0.05, 0.1) is 33.0 Å². The highest BCUT2D eigenvalue weighted by Gasteiger charge is 2.05. The van der Waals surface area contributed by atoms with E-state index in [0.717, 1.165) is 0 Å². The van der Waals surface area contributed by atoms with Crippen LogP contribution in [0, 0.1) is 0 Å². The molecule has 0 aromatic rings. The van der Waals surface area contributed by atoms with Crippen molar-refractivity contribution in [3.63, 3.8) is 0 Å². The zero-order chi connectivity index (χ0) is 10.8. The van der Waals surface area contributed by atoms with E-state index >= 15 is 0 Å². The van der Waals surface area contributed by atoms with Crippen LogP contribution in [0.4, 0.5) is 4.79 Å². The van der Waals surface area contributed by atoms with E-state index in [1.54, 1.807) is 0 Å². The van der Waals surface area contributed by atoms with Gasteiger partial charge in [0.2, 0.25) is 0 Å². The first kappa shape index (κ1) is 13.1. The molecule has 0 saturated heterocycles. The molecule has 0 aliphatic carbocycles. The maximum absolute atomic E-state index is 10.0. The summed E-state index contributed by atoms with van der Waals surface area (Å²) in [5.74, 6) is 0. The molecule has 84 valence electrons. The lowest BCUT2D eigenvalue weighted by Crippen LogP contribution is -2.37. The van der Waals surface area contributed by atoms with E-state index in [1.807, 2.05) is 5.32 Å². The minimum absolute atomic E-state index is 0.0524. The van der Waals surface area contributed by atoms with E-state index in [2.05, 4.69) is 0 Å². The largest absolute Gasteiger partial charge is 0.465 e.